The van der Waals surface area contributed by atoms with Crippen molar-refractivity contribution in [3.63, 3.8) is 0 Å². The van der Waals surface area contributed by atoms with Crippen molar-refractivity contribution in [1.82, 2.24) is 29.7 Å². The van der Waals surface area contributed by atoms with E-state index in [1.165, 1.54) is 43.6 Å². The van der Waals surface area contributed by atoms with Crippen LogP contribution in [-0.4, -0.2) is 74.4 Å². The molecule has 0 aliphatic carbocycles. The molecular weight excluding hydrogens is 446 g/mol. The molecule has 5 heterocycles. The minimum Gasteiger partial charge on any atom is -0.309 e. The molecule has 1 N–H and O–H groups in total. The van der Waals surface area contributed by atoms with Gasteiger partial charge in [0.25, 0.3) is 0 Å². The molecule has 178 valence electrons. The van der Waals surface area contributed by atoms with Gasteiger partial charge in [0.15, 0.2) is 5.82 Å². The van der Waals surface area contributed by atoms with E-state index in [4.69, 9.17) is 0 Å². The van der Waals surface area contributed by atoms with Gasteiger partial charge in [-0.15, -0.1) is 11.3 Å². The third-order valence-corrected chi connectivity index (χ3v) is 7.65. The molecule has 34 heavy (non-hydrogen) atoms. The number of carbonyl (C=O) groups is 1. The molecule has 0 spiro atoms. The van der Waals surface area contributed by atoms with Crippen molar-refractivity contribution >= 4 is 23.1 Å². The molecule has 0 aromatic carbocycles. The molecule has 2 aliphatic rings. The minimum absolute atomic E-state index is 0.0394. The fourth-order valence-corrected chi connectivity index (χ4v) is 5.67. The van der Waals surface area contributed by atoms with E-state index < -0.39 is 0 Å². The van der Waals surface area contributed by atoms with Crippen molar-refractivity contribution in [3.05, 3.63) is 42.0 Å². The molecule has 8 nitrogen and oxygen atoms in total. The van der Waals surface area contributed by atoms with E-state index in [0.29, 0.717) is 41.7 Å². The van der Waals surface area contributed by atoms with Crippen molar-refractivity contribution < 1.29 is 4.79 Å². The second-order valence-electron chi connectivity index (χ2n) is 9.19. The van der Waals surface area contributed by atoms with E-state index in [1.54, 1.807) is 18.5 Å². The van der Waals surface area contributed by atoms with Gasteiger partial charge in [-0.25, -0.2) is 15.0 Å². The summed E-state index contributed by atoms with van der Waals surface area (Å²) >= 11 is 1.50. The summed E-state index contributed by atoms with van der Waals surface area (Å²) in [7, 11) is 2.23. The molecule has 2 atom stereocenters. The zero-order valence-electron chi connectivity index (χ0n) is 19.6. The standard InChI is InChI=1S/C25H31N7OS/c1-31-12-6-8-18(31)15-19-7-3-5-13-32(19)17-23(33)29-22-16-21(25-27-11-14-34-25)28-24(30-22)20-9-2-4-10-26-20/h2,4,9-11,14,16,18-19H,3,5-8,12-13,15,17H2,1H3,(H,28,29,30,33). The summed E-state index contributed by atoms with van der Waals surface area (Å²) in [5.74, 6) is 0.918. The zero-order valence-corrected chi connectivity index (χ0v) is 20.4. The molecule has 5 rings (SSSR count). The van der Waals surface area contributed by atoms with Gasteiger partial charge in [-0.1, -0.05) is 12.5 Å². The van der Waals surface area contributed by atoms with E-state index in [-0.39, 0.29) is 5.91 Å². The Kier molecular flexibility index (Phi) is 7.22. The lowest BCUT2D eigenvalue weighted by molar-refractivity contribution is -0.118. The molecule has 2 unspecified atom stereocenters. The van der Waals surface area contributed by atoms with Crippen LogP contribution in [0.4, 0.5) is 5.82 Å². The Morgan fingerprint density at radius 1 is 1.06 bits per heavy atom. The Morgan fingerprint density at radius 2 is 1.97 bits per heavy atom. The molecule has 1 amide bonds. The number of rotatable bonds is 7. The number of pyridine rings is 1. The number of nitrogens with zero attached hydrogens (tertiary/aromatic N) is 6. The van der Waals surface area contributed by atoms with Crippen LogP contribution in [0, 0.1) is 0 Å². The van der Waals surface area contributed by atoms with Crippen molar-refractivity contribution in [2.24, 2.45) is 0 Å². The molecule has 3 aromatic rings. The van der Waals surface area contributed by atoms with E-state index in [1.807, 2.05) is 23.6 Å². The number of hydrogen-bond donors (Lipinski definition) is 1. The second kappa shape index (κ2) is 10.7. The van der Waals surface area contributed by atoms with Gasteiger partial charge in [-0.3, -0.25) is 14.7 Å². The minimum atomic E-state index is -0.0394. The number of nitrogens with one attached hydrogen (secondary N) is 1. The van der Waals surface area contributed by atoms with Gasteiger partial charge in [0.05, 0.1) is 6.54 Å². The van der Waals surface area contributed by atoms with Crippen LogP contribution >= 0.6 is 11.3 Å². The highest BCUT2D eigenvalue weighted by Gasteiger charge is 2.30. The summed E-state index contributed by atoms with van der Waals surface area (Å²) in [4.78, 5) is 36.0. The maximum absolute atomic E-state index is 13.1. The lowest BCUT2D eigenvalue weighted by Gasteiger charge is -2.37. The molecule has 9 heteroatoms. The number of thiazole rings is 1. The van der Waals surface area contributed by atoms with Crippen molar-refractivity contribution in [3.8, 4) is 22.2 Å². The van der Waals surface area contributed by atoms with Crippen LogP contribution in [0.25, 0.3) is 22.2 Å². The topological polar surface area (TPSA) is 87.1 Å². The molecular formula is C25H31N7OS. The highest BCUT2D eigenvalue weighted by Crippen LogP contribution is 2.28. The number of aromatic nitrogens is 4. The van der Waals surface area contributed by atoms with Gasteiger partial charge >= 0.3 is 0 Å². The van der Waals surface area contributed by atoms with Crippen LogP contribution < -0.4 is 5.32 Å². The summed E-state index contributed by atoms with van der Waals surface area (Å²) in [6, 6.07) is 8.52. The Hall–Kier alpha value is -2.75. The van der Waals surface area contributed by atoms with Crippen LogP contribution in [0.2, 0.25) is 0 Å². The maximum atomic E-state index is 13.1. The summed E-state index contributed by atoms with van der Waals surface area (Å²) < 4.78 is 0. The monoisotopic (exact) mass is 477 g/mol. The van der Waals surface area contributed by atoms with Crippen LogP contribution in [0.3, 0.4) is 0 Å². The number of piperidine rings is 1. The summed E-state index contributed by atoms with van der Waals surface area (Å²) in [5, 5.41) is 5.73. The first-order valence-electron chi connectivity index (χ1n) is 12.1. The second-order valence-corrected chi connectivity index (χ2v) is 10.1. The van der Waals surface area contributed by atoms with Crippen LogP contribution in [-0.2, 0) is 4.79 Å². The fourth-order valence-electron chi connectivity index (χ4n) is 5.07. The van der Waals surface area contributed by atoms with E-state index in [2.05, 4.69) is 42.1 Å². The number of amides is 1. The predicted molar refractivity (Wildman–Crippen MR) is 134 cm³/mol. The van der Waals surface area contributed by atoms with E-state index in [9.17, 15) is 4.79 Å². The van der Waals surface area contributed by atoms with Crippen LogP contribution in [0.5, 0.6) is 0 Å². The highest BCUT2D eigenvalue weighted by molar-refractivity contribution is 7.13. The summed E-state index contributed by atoms with van der Waals surface area (Å²) in [5.41, 5.74) is 1.34. The van der Waals surface area contributed by atoms with Crippen molar-refractivity contribution in [2.45, 2.75) is 50.6 Å². The highest BCUT2D eigenvalue weighted by atomic mass is 32.1. The van der Waals surface area contributed by atoms with Crippen LogP contribution in [0.1, 0.15) is 38.5 Å². The van der Waals surface area contributed by atoms with Gasteiger partial charge in [-0.05, 0) is 64.4 Å². The fraction of sp³-hybridized carbons (Fsp3) is 0.480. The molecule has 2 aliphatic heterocycles. The molecule has 2 fully saturated rings. The van der Waals surface area contributed by atoms with Gasteiger partial charge in [0.2, 0.25) is 5.91 Å². The average molecular weight is 478 g/mol. The van der Waals surface area contributed by atoms with Gasteiger partial charge in [0, 0.05) is 35.9 Å². The Bertz CT molecular complexity index is 1090. The average Bonchev–Trinajstić information content (AvgIpc) is 3.53. The molecule has 2 saturated heterocycles. The molecule has 0 saturated carbocycles. The Morgan fingerprint density at radius 3 is 2.74 bits per heavy atom. The quantitative estimate of drug-likeness (QED) is 0.551. The Labute approximate surface area is 204 Å². The van der Waals surface area contributed by atoms with E-state index in [0.717, 1.165) is 24.4 Å². The van der Waals surface area contributed by atoms with Crippen LogP contribution in [0.15, 0.2) is 42.0 Å². The smallest absolute Gasteiger partial charge is 0.239 e. The Balaban J connectivity index is 1.31. The lowest BCUT2D eigenvalue weighted by atomic mass is 9.95. The number of likely N-dealkylation sites (tertiary alicyclic amines) is 2. The van der Waals surface area contributed by atoms with Gasteiger partial charge in [0.1, 0.15) is 22.2 Å². The molecule has 3 aromatic heterocycles. The normalized spacial score (nSPS) is 21.6. The third kappa shape index (κ3) is 5.48. The molecule has 0 radical (unpaired) electrons. The zero-order chi connectivity index (χ0) is 23.3. The lowest BCUT2D eigenvalue weighted by Crippen LogP contribution is -2.46. The number of hydrogen-bond acceptors (Lipinski definition) is 8. The first kappa shape index (κ1) is 23.0. The first-order chi connectivity index (χ1) is 16.7. The predicted octanol–water partition coefficient (Wildman–Crippen LogP) is 3.94. The van der Waals surface area contributed by atoms with Crippen molar-refractivity contribution in [1.29, 1.82) is 0 Å². The maximum Gasteiger partial charge on any atom is 0.239 e. The van der Waals surface area contributed by atoms with Gasteiger partial charge < -0.3 is 10.2 Å². The van der Waals surface area contributed by atoms with E-state index >= 15 is 0 Å². The molecule has 0 bridgehead atoms. The first-order valence-corrected chi connectivity index (χ1v) is 13.0. The van der Waals surface area contributed by atoms with Gasteiger partial charge in [-0.2, -0.15) is 0 Å². The number of anilines is 1. The SMILES string of the molecule is CN1CCCC1CC1CCCCN1CC(=O)Nc1cc(-c2nccs2)nc(-c2ccccn2)n1. The summed E-state index contributed by atoms with van der Waals surface area (Å²) in [6.07, 6.45) is 10.7. The number of carbonyl (C=O) groups excluding carboxylic acids is 1. The van der Waals surface area contributed by atoms with Crippen molar-refractivity contribution in [2.75, 3.05) is 32.0 Å². The largest absolute Gasteiger partial charge is 0.309 e. The summed E-state index contributed by atoms with van der Waals surface area (Å²) in [6.45, 7) is 2.55. The third-order valence-electron chi connectivity index (χ3n) is 6.85.